The van der Waals surface area contributed by atoms with Gasteiger partial charge < -0.3 is 5.32 Å². The van der Waals surface area contributed by atoms with Crippen LogP contribution in [0.3, 0.4) is 0 Å². The van der Waals surface area contributed by atoms with Crippen LogP contribution in [-0.2, 0) is 20.6 Å². The third kappa shape index (κ3) is 6.91. The van der Waals surface area contributed by atoms with Crippen LogP contribution in [0.25, 0.3) is 0 Å². The average molecular weight is 586 g/mol. The molecule has 0 aliphatic carbocycles. The molecule has 0 bridgehead atoms. The summed E-state index contributed by atoms with van der Waals surface area (Å²) in [4.78, 5) is 14.4. The van der Waals surface area contributed by atoms with Crippen molar-refractivity contribution in [3.05, 3.63) is 118 Å². The van der Waals surface area contributed by atoms with Crippen molar-refractivity contribution in [1.29, 1.82) is 0 Å². The van der Waals surface area contributed by atoms with Gasteiger partial charge in [-0.3, -0.25) is 9.10 Å². The van der Waals surface area contributed by atoms with Gasteiger partial charge in [-0.15, -0.1) is 11.8 Å². The number of benzene rings is 4. The minimum Gasteiger partial charge on any atom is -0.324 e. The summed E-state index contributed by atoms with van der Waals surface area (Å²) in [6.45, 7) is 3.33. The summed E-state index contributed by atoms with van der Waals surface area (Å²) in [6.07, 6.45) is 0. The Morgan fingerprint density at radius 2 is 1.58 bits per heavy atom. The van der Waals surface area contributed by atoms with E-state index in [0.29, 0.717) is 5.69 Å². The maximum Gasteiger partial charge on any atom is 0.264 e. The molecular formula is C29H26Cl2N2O3S2. The van der Waals surface area contributed by atoms with Gasteiger partial charge in [-0.2, -0.15) is 0 Å². The molecule has 38 heavy (non-hydrogen) atoms. The zero-order valence-corrected chi connectivity index (χ0v) is 24.0. The van der Waals surface area contributed by atoms with Crippen LogP contribution < -0.4 is 9.62 Å². The van der Waals surface area contributed by atoms with Gasteiger partial charge in [-0.25, -0.2) is 8.42 Å². The minimum absolute atomic E-state index is 0.0680. The highest BCUT2D eigenvalue weighted by molar-refractivity contribution is 7.98. The van der Waals surface area contributed by atoms with E-state index >= 15 is 0 Å². The molecule has 0 spiro atoms. The number of hydrogen-bond donors (Lipinski definition) is 1. The van der Waals surface area contributed by atoms with Crippen molar-refractivity contribution in [2.45, 2.75) is 29.4 Å². The lowest BCUT2D eigenvalue weighted by Gasteiger charge is -2.24. The van der Waals surface area contributed by atoms with Crippen molar-refractivity contribution in [2.24, 2.45) is 0 Å². The maximum atomic E-state index is 13.6. The standard InChI is InChI=1S/C29H26Cl2N2O3S2/c1-20-8-12-25(13-9-20)38(35,36)33(23-11-14-26(30)27(31)17-23)18-29(34)32-28-15-10-22(16-21(28)2)19-37-24-6-4-3-5-7-24/h3-17H,18-19H2,1-2H3,(H,32,34). The lowest BCUT2D eigenvalue weighted by Crippen LogP contribution is -2.38. The molecule has 0 aliphatic rings. The second kappa shape index (κ2) is 12.3. The molecule has 0 aromatic heterocycles. The summed E-state index contributed by atoms with van der Waals surface area (Å²) in [6, 6.07) is 26.9. The molecule has 4 aromatic rings. The highest BCUT2D eigenvalue weighted by atomic mass is 35.5. The summed E-state index contributed by atoms with van der Waals surface area (Å²) in [5, 5.41) is 3.33. The van der Waals surface area contributed by atoms with E-state index in [1.807, 2.05) is 50.2 Å². The smallest absolute Gasteiger partial charge is 0.264 e. The van der Waals surface area contributed by atoms with Gasteiger partial charge in [0.05, 0.1) is 20.6 Å². The number of sulfonamides is 1. The molecule has 1 N–H and O–H groups in total. The zero-order chi connectivity index (χ0) is 27.3. The van der Waals surface area contributed by atoms with Crippen LogP contribution in [0.1, 0.15) is 16.7 Å². The summed E-state index contributed by atoms with van der Waals surface area (Å²) < 4.78 is 28.2. The molecule has 0 radical (unpaired) electrons. The zero-order valence-electron chi connectivity index (χ0n) is 20.8. The number of carbonyl (C=O) groups is 1. The van der Waals surface area contributed by atoms with E-state index < -0.39 is 22.5 Å². The van der Waals surface area contributed by atoms with Crippen LogP contribution in [0.4, 0.5) is 11.4 Å². The molecule has 4 rings (SSSR count). The van der Waals surface area contributed by atoms with Gasteiger partial charge in [0.15, 0.2) is 0 Å². The van der Waals surface area contributed by atoms with Gasteiger partial charge in [0.2, 0.25) is 5.91 Å². The molecule has 5 nitrogen and oxygen atoms in total. The summed E-state index contributed by atoms with van der Waals surface area (Å²) in [5.74, 6) is 0.306. The Morgan fingerprint density at radius 3 is 2.24 bits per heavy atom. The highest BCUT2D eigenvalue weighted by Gasteiger charge is 2.28. The number of nitrogens with zero attached hydrogens (tertiary/aromatic N) is 1. The van der Waals surface area contributed by atoms with E-state index in [1.54, 1.807) is 23.9 Å². The Morgan fingerprint density at radius 1 is 0.868 bits per heavy atom. The number of rotatable bonds is 9. The number of hydrogen-bond acceptors (Lipinski definition) is 4. The number of thioether (sulfide) groups is 1. The van der Waals surface area contributed by atoms with E-state index in [1.165, 1.54) is 35.2 Å². The van der Waals surface area contributed by atoms with Gasteiger partial charge >= 0.3 is 0 Å². The predicted octanol–water partition coefficient (Wildman–Crippen LogP) is 7.74. The first kappa shape index (κ1) is 28.0. The monoisotopic (exact) mass is 584 g/mol. The third-order valence-electron chi connectivity index (χ3n) is 5.80. The number of amides is 1. The average Bonchev–Trinajstić information content (AvgIpc) is 2.90. The van der Waals surface area contributed by atoms with E-state index in [0.717, 1.165) is 26.7 Å². The van der Waals surface area contributed by atoms with Crippen molar-refractivity contribution >= 4 is 62.3 Å². The summed E-state index contributed by atoms with van der Waals surface area (Å²) in [7, 11) is -4.07. The molecule has 0 saturated carbocycles. The topological polar surface area (TPSA) is 66.5 Å². The molecule has 0 heterocycles. The first-order valence-corrected chi connectivity index (χ1v) is 14.9. The van der Waals surface area contributed by atoms with E-state index in [9.17, 15) is 13.2 Å². The first-order chi connectivity index (χ1) is 18.1. The quantitative estimate of drug-likeness (QED) is 0.204. The first-order valence-electron chi connectivity index (χ1n) is 11.7. The minimum atomic E-state index is -4.07. The third-order valence-corrected chi connectivity index (χ3v) is 9.41. The fraction of sp³-hybridized carbons (Fsp3) is 0.138. The molecule has 0 fully saturated rings. The molecule has 196 valence electrons. The second-order valence-corrected chi connectivity index (χ2v) is 12.4. The second-order valence-electron chi connectivity index (χ2n) is 8.72. The van der Waals surface area contributed by atoms with Crippen LogP contribution >= 0.6 is 35.0 Å². The molecule has 9 heteroatoms. The molecule has 0 atom stereocenters. The fourth-order valence-corrected chi connectivity index (χ4v) is 6.32. The molecule has 0 saturated heterocycles. The van der Waals surface area contributed by atoms with Crippen molar-refractivity contribution in [1.82, 2.24) is 0 Å². The Labute approximate surface area is 237 Å². The number of halogens is 2. The van der Waals surface area contributed by atoms with Crippen molar-refractivity contribution in [3.8, 4) is 0 Å². The van der Waals surface area contributed by atoms with Crippen LogP contribution in [0, 0.1) is 13.8 Å². The SMILES string of the molecule is Cc1ccc(S(=O)(=O)N(CC(=O)Nc2ccc(CSc3ccccc3)cc2C)c2ccc(Cl)c(Cl)c2)cc1. The van der Waals surface area contributed by atoms with Crippen molar-refractivity contribution < 1.29 is 13.2 Å². The predicted molar refractivity (Wildman–Crippen MR) is 158 cm³/mol. The summed E-state index contributed by atoms with van der Waals surface area (Å²) in [5.41, 5.74) is 3.77. The lowest BCUT2D eigenvalue weighted by atomic mass is 10.1. The van der Waals surface area contributed by atoms with Crippen LogP contribution in [0.15, 0.2) is 101 Å². The van der Waals surface area contributed by atoms with Crippen molar-refractivity contribution in [2.75, 3.05) is 16.2 Å². The highest BCUT2D eigenvalue weighted by Crippen LogP contribution is 2.31. The number of carbonyl (C=O) groups excluding carboxylic acids is 1. The van der Waals surface area contributed by atoms with Crippen LogP contribution in [0.2, 0.25) is 10.0 Å². The van der Waals surface area contributed by atoms with Crippen LogP contribution in [-0.4, -0.2) is 20.9 Å². The Hall–Kier alpha value is -2.97. The normalized spacial score (nSPS) is 11.3. The largest absolute Gasteiger partial charge is 0.324 e. The molecule has 4 aromatic carbocycles. The Bertz CT molecular complexity index is 1540. The lowest BCUT2D eigenvalue weighted by molar-refractivity contribution is -0.114. The van der Waals surface area contributed by atoms with E-state index in [-0.39, 0.29) is 20.6 Å². The van der Waals surface area contributed by atoms with E-state index in [2.05, 4.69) is 17.4 Å². The van der Waals surface area contributed by atoms with E-state index in [4.69, 9.17) is 23.2 Å². The number of nitrogens with one attached hydrogen (secondary N) is 1. The van der Waals surface area contributed by atoms with Gasteiger partial charge in [-0.1, -0.05) is 71.2 Å². The van der Waals surface area contributed by atoms with Crippen LogP contribution in [0.5, 0.6) is 0 Å². The van der Waals surface area contributed by atoms with Gasteiger partial charge in [-0.05, 0) is 73.5 Å². The van der Waals surface area contributed by atoms with Gasteiger partial charge in [0.1, 0.15) is 6.54 Å². The maximum absolute atomic E-state index is 13.6. The molecule has 0 aliphatic heterocycles. The fourth-order valence-electron chi connectivity index (χ4n) is 3.75. The Kier molecular flexibility index (Phi) is 9.05. The number of anilines is 2. The number of aryl methyl sites for hydroxylation is 2. The molecule has 1 amide bonds. The van der Waals surface area contributed by atoms with Gasteiger partial charge in [0, 0.05) is 16.3 Å². The summed E-state index contributed by atoms with van der Waals surface area (Å²) >= 11 is 14.0. The molecular weight excluding hydrogens is 559 g/mol. The van der Waals surface area contributed by atoms with Crippen molar-refractivity contribution in [3.63, 3.8) is 0 Å². The van der Waals surface area contributed by atoms with Gasteiger partial charge in [0.25, 0.3) is 10.0 Å². The Balaban J connectivity index is 1.54. The molecule has 0 unspecified atom stereocenters.